The Morgan fingerprint density at radius 3 is 2.29 bits per heavy atom. The van der Waals surface area contributed by atoms with Crippen molar-refractivity contribution < 1.29 is 30.3 Å². The fourth-order valence-corrected chi connectivity index (χ4v) is 2.78. The molecular formula is C18H28O6. The normalized spacial score (nSPS) is 13.6. The quantitative estimate of drug-likeness (QED) is 0.395. The Balaban J connectivity index is 2.34. The van der Waals surface area contributed by atoms with Crippen LogP contribution in [0.25, 0.3) is 0 Å². The van der Waals surface area contributed by atoms with Gasteiger partial charge in [0.1, 0.15) is 17.1 Å². The van der Waals surface area contributed by atoms with E-state index in [4.69, 9.17) is 10.2 Å². The molecule has 0 radical (unpaired) electrons. The zero-order valence-electron chi connectivity index (χ0n) is 14.1. The van der Waals surface area contributed by atoms with E-state index in [0.29, 0.717) is 37.7 Å². The third-order valence-corrected chi connectivity index (χ3v) is 4.04. The number of rotatable bonds is 11. The maximum absolute atomic E-state index is 11.2. The maximum atomic E-state index is 11.2. The second-order valence-corrected chi connectivity index (χ2v) is 6.34. The summed E-state index contributed by atoms with van der Waals surface area (Å²) in [6.45, 7) is 1.73. The van der Waals surface area contributed by atoms with Gasteiger partial charge in [0.2, 0.25) is 0 Å². The number of aliphatic hydroxyl groups is 2. The average molecular weight is 340 g/mol. The van der Waals surface area contributed by atoms with Gasteiger partial charge in [0.25, 0.3) is 0 Å². The molecule has 0 heterocycles. The van der Waals surface area contributed by atoms with Gasteiger partial charge >= 0.3 is 5.97 Å². The van der Waals surface area contributed by atoms with Gasteiger partial charge in [-0.15, -0.1) is 0 Å². The lowest BCUT2D eigenvalue weighted by Crippen LogP contribution is -2.08. The number of hydrogen-bond acceptors (Lipinski definition) is 5. The first-order chi connectivity index (χ1) is 11.3. The fraction of sp³-hybridized carbons (Fsp3) is 0.611. The summed E-state index contributed by atoms with van der Waals surface area (Å²) < 4.78 is 0. The van der Waals surface area contributed by atoms with Crippen molar-refractivity contribution in [1.82, 2.24) is 0 Å². The molecule has 2 atom stereocenters. The minimum Gasteiger partial charge on any atom is -0.508 e. The first-order valence-electron chi connectivity index (χ1n) is 8.45. The van der Waals surface area contributed by atoms with Crippen LogP contribution in [-0.4, -0.2) is 43.7 Å². The summed E-state index contributed by atoms with van der Waals surface area (Å²) in [4.78, 5) is 11.2. The number of carboxylic acid groups (broad SMARTS) is 1. The molecular weight excluding hydrogens is 312 g/mol. The van der Waals surface area contributed by atoms with Crippen molar-refractivity contribution in [3.05, 3.63) is 23.3 Å². The molecule has 6 nitrogen and oxygen atoms in total. The first kappa shape index (κ1) is 20.3. The van der Waals surface area contributed by atoms with Crippen LogP contribution in [0.15, 0.2) is 12.1 Å². The lowest BCUT2D eigenvalue weighted by molar-refractivity contribution is 0.0692. The summed E-state index contributed by atoms with van der Waals surface area (Å²) in [6, 6.07) is 2.39. The number of aliphatic hydroxyl groups excluding tert-OH is 2. The zero-order valence-corrected chi connectivity index (χ0v) is 14.1. The summed E-state index contributed by atoms with van der Waals surface area (Å²) in [6.07, 6.45) is 4.93. The predicted molar refractivity (Wildman–Crippen MR) is 90.4 cm³/mol. The molecule has 0 aromatic heterocycles. The Morgan fingerprint density at radius 2 is 1.67 bits per heavy atom. The summed E-state index contributed by atoms with van der Waals surface area (Å²) in [7, 11) is 0. The molecule has 136 valence electrons. The van der Waals surface area contributed by atoms with Crippen LogP contribution in [0.3, 0.4) is 0 Å². The van der Waals surface area contributed by atoms with Gasteiger partial charge in [0.15, 0.2) is 0 Å². The standard InChI is InChI=1S/C18H28O6/c1-12(19)6-5-9-14(20)8-4-2-3-7-13-10-15(21)11-16(22)17(13)18(23)24/h10-12,14,19-22H,2-9H2,1H3,(H,23,24). The maximum Gasteiger partial charge on any atom is 0.339 e. The number of aromatic hydroxyl groups is 2. The molecule has 1 aromatic carbocycles. The third-order valence-electron chi connectivity index (χ3n) is 4.04. The van der Waals surface area contributed by atoms with Crippen LogP contribution in [0, 0.1) is 0 Å². The van der Waals surface area contributed by atoms with Gasteiger partial charge in [0.05, 0.1) is 12.2 Å². The molecule has 2 unspecified atom stereocenters. The monoisotopic (exact) mass is 340 g/mol. The lowest BCUT2D eigenvalue weighted by Gasteiger charge is -2.12. The summed E-state index contributed by atoms with van der Waals surface area (Å²) in [5.41, 5.74) is 0.253. The number of hydrogen-bond donors (Lipinski definition) is 5. The van der Waals surface area contributed by atoms with Crippen molar-refractivity contribution in [3.8, 4) is 11.5 Å². The Labute approximate surface area is 142 Å². The summed E-state index contributed by atoms with van der Waals surface area (Å²) >= 11 is 0. The summed E-state index contributed by atoms with van der Waals surface area (Å²) in [5.74, 6) is -1.79. The van der Waals surface area contributed by atoms with Crippen molar-refractivity contribution in [2.24, 2.45) is 0 Å². The smallest absolute Gasteiger partial charge is 0.339 e. The van der Waals surface area contributed by atoms with E-state index in [1.807, 2.05) is 0 Å². The fourth-order valence-electron chi connectivity index (χ4n) is 2.78. The molecule has 0 amide bonds. The first-order valence-corrected chi connectivity index (χ1v) is 8.45. The molecule has 0 bridgehead atoms. The minimum atomic E-state index is -1.21. The van der Waals surface area contributed by atoms with Crippen LogP contribution < -0.4 is 0 Å². The van der Waals surface area contributed by atoms with Gasteiger partial charge in [-0.05, 0) is 57.1 Å². The molecule has 0 aliphatic carbocycles. The van der Waals surface area contributed by atoms with Crippen LogP contribution in [0.1, 0.15) is 67.8 Å². The van der Waals surface area contributed by atoms with Crippen LogP contribution in [0.5, 0.6) is 11.5 Å². The van der Waals surface area contributed by atoms with E-state index < -0.39 is 11.7 Å². The molecule has 1 aromatic rings. The SMILES string of the molecule is CC(O)CCCC(O)CCCCCc1cc(O)cc(O)c1C(=O)O. The van der Waals surface area contributed by atoms with Crippen LogP contribution in [-0.2, 0) is 6.42 Å². The number of aromatic carboxylic acids is 1. The Morgan fingerprint density at radius 1 is 1.00 bits per heavy atom. The van der Waals surface area contributed by atoms with E-state index in [1.165, 1.54) is 6.07 Å². The zero-order chi connectivity index (χ0) is 18.1. The molecule has 0 spiro atoms. The highest BCUT2D eigenvalue weighted by atomic mass is 16.4. The molecule has 0 aliphatic rings. The number of carbonyl (C=O) groups is 1. The number of aryl methyl sites for hydroxylation is 1. The van der Waals surface area contributed by atoms with Crippen molar-refractivity contribution in [2.75, 3.05) is 0 Å². The third kappa shape index (κ3) is 7.19. The average Bonchev–Trinajstić information content (AvgIpc) is 2.45. The number of benzene rings is 1. The van der Waals surface area contributed by atoms with E-state index in [0.717, 1.165) is 25.3 Å². The molecule has 0 saturated carbocycles. The second kappa shape index (κ2) is 10.2. The van der Waals surface area contributed by atoms with Gasteiger partial charge in [-0.3, -0.25) is 0 Å². The van der Waals surface area contributed by atoms with Gasteiger partial charge in [0, 0.05) is 6.07 Å². The number of phenolic OH excluding ortho intramolecular Hbond substituents is 1. The van der Waals surface area contributed by atoms with Gasteiger partial charge in [-0.1, -0.05) is 12.8 Å². The van der Waals surface area contributed by atoms with Crippen molar-refractivity contribution in [2.45, 2.75) is 70.5 Å². The predicted octanol–water partition coefficient (Wildman–Crippen LogP) is 2.81. The van der Waals surface area contributed by atoms with E-state index in [9.17, 15) is 20.1 Å². The van der Waals surface area contributed by atoms with Crippen molar-refractivity contribution >= 4 is 5.97 Å². The Kier molecular flexibility index (Phi) is 8.57. The highest BCUT2D eigenvalue weighted by Crippen LogP contribution is 2.28. The van der Waals surface area contributed by atoms with Gasteiger partial charge < -0.3 is 25.5 Å². The molecule has 0 aliphatic heterocycles. The molecule has 0 saturated heterocycles. The molecule has 0 fully saturated rings. The van der Waals surface area contributed by atoms with Crippen LogP contribution >= 0.6 is 0 Å². The van der Waals surface area contributed by atoms with E-state index in [1.54, 1.807) is 6.92 Å². The van der Waals surface area contributed by atoms with Crippen molar-refractivity contribution in [3.63, 3.8) is 0 Å². The lowest BCUT2D eigenvalue weighted by atomic mass is 9.98. The molecule has 5 N–H and O–H groups in total. The molecule has 24 heavy (non-hydrogen) atoms. The Bertz CT molecular complexity index is 526. The van der Waals surface area contributed by atoms with Crippen LogP contribution in [0.4, 0.5) is 0 Å². The largest absolute Gasteiger partial charge is 0.508 e. The minimum absolute atomic E-state index is 0.152. The Hall–Kier alpha value is -1.79. The number of unbranched alkanes of at least 4 members (excludes halogenated alkanes) is 2. The number of phenols is 2. The van der Waals surface area contributed by atoms with E-state index in [2.05, 4.69) is 0 Å². The molecule has 6 heteroatoms. The number of carboxylic acids is 1. The van der Waals surface area contributed by atoms with Crippen molar-refractivity contribution in [1.29, 1.82) is 0 Å². The molecule has 1 rings (SSSR count). The highest BCUT2D eigenvalue weighted by molar-refractivity contribution is 5.92. The van der Waals surface area contributed by atoms with Crippen LogP contribution in [0.2, 0.25) is 0 Å². The van der Waals surface area contributed by atoms with Gasteiger partial charge in [-0.2, -0.15) is 0 Å². The van der Waals surface area contributed by atoms with E-state index in [-0.39, 0.29) is 23.5 Å². The summed E-state index contributed by atoms with van der Waals surface area (Å²) in [5, 5.41) is 47.3. The highest BCUT2D eigenvalue weighted by Gasteiger charge is 2.16. The second-order valence-electron chi connectivity index (χ2n) is 6.34. The van der Waals surface area contributed by atoms with Gasteiger partial charge in [-0.25, -0.2) is 4.79 Å². The topological polar surface area (TPSA) is 118 Å². The van der Waals surface area contributed by atoms with E-state index >= 15 is 0 Å².